The number of thiocarbonyl (C=S) groups is 2. The molecular formula is C19H32N2S2. The molecule has 0 aromatic heterocycles. The first-order valence-corrected chi connectivity index (χ1v) is 9.99. The molecule has 0 aliphatic carbocycles. The van der Waals surface area contributed by atoms with Crippen LogP contribution in [0.1, 0.15) is 89.9 Å². The molecule has 0 aliphatic heterocycles. The van der Waals surface area contributed by atoms with Crippen LogP contribution in [-0.2, 0) is 0 Å². The van der Waals surface area contributed by atoms with Crippen molar-refractivity contribution < 1.29 is 0 Å². The minimum Gasteiger partial charge on any atom is -0.233 e. The maximum absolute atomic E-state index is 4.54. The highest BCUT2D eigenvalue weighted by molar-refractivity contribution is 7.78. The van der Waals surface area contributed by atoms with Gasteiger partial charge in [-0.05, 0) is 43.7 Å². The first-order chi connectivity index (χ1) is 11.4. The van der Waals surface area contributed by atoms with Crippen LogP contribution in [0, 0.1) is 0 Å². The van der Waals surface area contributed by atoms with Crippen LogP contribution in [0.5, 0.6) is 0 Å². The molecule has 2 nitrogen and oxygen atoms in total. The molecule has 0 fully saturated rings. The summed E-state index contributed by atoms with van der Waals surface area (Å²) in [6.45, 7) is 0.862. The summed E-state index contributed by atoms with van der Waals surface area (Å²) in [5.41, 5.74) is 0. The van der Waals surface area contributed by atoms with E-state index in [1.54, 1.807) is 6.20 Å². The van der Waals surface area contributed by atoms with Crippen LogP contribution in [0.2, 0.25) is 0 Å². The molecule has 0 atom stereocenters. The highest BCUT2D eigenvalue weighted by Gasteiger charge is 1.93. The molecule has 0 bridgehead atoms. The Morgan fingerprint density at radius 1 is 0.609 bits per heavy atom. The van der Waals surface area contributed by atoms with E-state index in [9.17, 15) is 0 Å². The smallest absolute Gasteiger partial charge is 0.0634 e. The maximum atomic E-state index is 4.54. The molecule has 0 aliphatic rings. The predicted octanol–water partition coefficient (Wildman–Crippen LogP) is 7.17. The zero-order valence-corrected chi connectivity index (χ0v) is 16.1. The lowest BCUT2D eigenvalue weighted by Gasteiger charge is -2.02. The van der Waals surface area contributed by atoms with Crippen molar-refractivity contribution in [3.05, 3.63) is 12.3 Å². The molecule has 130 valence electrons. The summed E-state index contributed by atoms with van der Waals surface area (Å²) in [5, 5.41) is 4.76. The molecule has 23 heavy (non-hydrogen) atoms. The Balaban J connectivity index is 3.05. The summed E-state index contributed by atoms with van der Waals surface area (Å²) in [7, 11) is 0. The Morgan fingerprint density at radius 2 is 1.09 bits per heavy atom. The van der Waals surface area contributed by atoms with Gasteiger partial charge in [-0.25, -0.2) is 9.98 Å². The molecule has 0 radical (unpaired) electrons. The monoisotopic (exact) mass is 352 g/mol. The largest absolute Gasteiger partial charge is 0.233 e. The van der Waals surface area contributed by atoms with Crippen LogP contribution < -0.4 is 0 Å². The first-order valence-electron chi connectivity index (χ1n) is 9.17. The third-order valence-corrected chi connectivity index (χ3v) is 4.17. The molecule has 0 saturated heterocycles. The molecule has 0 amide bonds. The van der Waals surface area contributed by atoms with Gasteiger partial charge in [-0.15, -0.1) is 0 Å². The molecule has 0 unspecified atom stereocenters. The number of rotatable bonds is 17. The van der Waals surface area contributed by atoms with Crippen molar-refractivity contribution in [1.82, 2.24) is 0 Å². The van der Waals surface area contributed by atoms with Crippen LogP contribution in [-0.4, -0.2) is 16.9 Å². The summed E-state index contributed by atoms with van der Waals surface area (Å²) >= 11 is 9.04. The SMILES string of the molecule is S=C=N/C=C\CCCCCCCCCCCCCCCN=C=S. The van der Waals surface area contributed by atoms with Crippen LogP contribution in [0.25, 0.3) is 0 Å². The summed E-state index contributed by atoms with van der Waals surface area (Å²) < 4.78 is 0. The van der Waals surface area contributed by atoms with Crippen LogP contribution in [0.4, 0.5) is 0 Å². The lowest BCUT2D eigenvalue weighted by molar-refractivity contribution is 0.538. The Hall–Kier alpha value is -0.660. The van der Waals surface area contributed by atoms with Crippen molar-refractivity contribution in [2.75, 3.05) is 6.54 Å². The molecule has 0 saturated carbocycles. The van der Waals surface area contributed by atoms with E-state index in [1.807, 2.05) is 0 Å². The first kappa shape index (κ1) is 22.3. The van der Waals surface area contributed by atoms with Crippen molar-refractivity contribution in [2.24, 2.45) is 9.98 Å². The second-order valence-corrected chi connectivity index (χ2v) is 6.33. The van der Waals surface area contributed by atoms with Gasteiger partial charge in [-0.2, -0.15) is 0 Å². The van der Waals surface area contributed by atoms with Crippen molar-refractivity contribution in [3.63, 3.8) is 0 Å². The average Bonchev–Trinajstić information content (AvgIpc) is 2.57. The van der Waals surface area contributed by atoms with Crippen molar-refractivity contribution >= 4 is 34.8 Å². The fraction of sp³-hybridized carbons (Fsp3) is 0.789. The predicted molar refractivity (Wildman–Crippen MR) is 109 cm³/mol. The normalized spacial score (nSPS) is 10.4. The molecule has 4 heteroatoms. The van der Waals surface area contributed by atoms with E-state index in [4.69, 9.17) is 0 Å². The number of hydrogen-bond acceptors (Lipinski definition) is 4. The molecule has 0 rings (SSSR count). The number of aliphatic imine (C=N–C) groups is 2. The van der Waals surface area contributed by atoms with Gasteiger partial charge >= 0.3 is 0 Å². The third-order valence-electron chi connectivity index (χ3n) is 3.94. The Labute approximate surface area is 153 Å². The fourth-order valence-electron chi connectivity index (χ4n) is 2.60. The van der Waals surface area contributed by atoms with E-state index in [0.717, 1.165) is 13.0 Å². The van der Waals surface area contributed by atoms with Gasteiger partial charge in [-0.3, -0.25) is 0 Å². The molecule has 0 spiro atoms. The highest BCUT2D eigenvalue weighted by Crippen LogP contribution is 2.13. The summed E-state index contributed by atoms with van der Waals surface area (Å²) in [5.74, 6) is 0. The van der Waals surface area contributed by atoms with Crippen molar-refractivity contribution in [1.29, 1.82) is 0 Å². The van der Waals surface area contributed by atoms with Crippen molar-refractivity contribution in [2.45, 2.75) is 89.9 Å². The number of hydrogen-bond donors (Lipinski definition) is 0. The molecular weight excluding hydrogens is 320 g/mol. The van der Waals surface area contributed by atoms with Crippen molar-refractivity contribution in [3.8, 4) is 0 Å². The van der Waals surface area contributed by atoms with Crippen LogP contribution >= 0.6 is 24.4 Å². The average molecular weight is 353 g/mol. The molecule has 0 heterocycles. The summed E-state index contributed by atoms with van der Waals surface area (Å²) in [4.78, 5) is 7.69. The third kappa shape index (κ3) is 21.3. The zero-order chi connectivity index (χ0) is 16.8. The van der Waals surface area contributed by atoms with Gasteiger partial charge in [0.05, 0.1) is 10.3 Å². The molecule has 0 aromatic rings. The van der Waals surface area contributed by atoms with E-state index in [2.05, 4.69) is 50.8 Å². The number of isothiocyanates is 2. The minimum absolute atomic E-state index is 0.862. The number of nitrogens with zero attached hydrogens (tertiary/aromatic N) is 2. The summed E-state index contributed by atoms with van der Waals surface area (Å²) in [6, 6.07) is 0. The summed E-state index contributed by atoms with van der Waals surface area (Å²) in [6.07, 6.45) is 22.5. The Kier molecular flexibility index (Phi) is 20.7. The standard InChI is InChI=1S/C19H32N2S2/c22-18-20-16-14-12-10-8-6-4-2-1-3-5-7-9-11-13-15-17-21-19-23/h14,16H,1-13,15,17H2/b16-14-. The lowest BCUT2D eigenvalue weighted by atomic mass is 10.0. The second-order valence-electron chi connectivity index (χ2n) is 5.96. The topological polar surface area (TPSA) is 24.7 Å². The van der Waals surface area contributed by atoms with E-state index >= 15 is 0 Å². The van der Waals surface area contributed by atoms with Gasteiger partial charge in [0, 0.05) is 12.7 Å². The van der Waals surface area contributed by atoms with Gasteiger partial charge in [0.25, 0.3) is 0 Å². The number of allylic oxidation sites excluding steroid dienone is 1. The van der Waals surface area contributed by atoms with Gasteiger partial charge < -0.3 is 0 Å². The van der Waals surface area contributed by atoms with E-state index in [0.29, 0.717) is 0 Å². The Bertz CT molecular complexity index is 368. The van der Waals surface area contributed by atoms with Gasteiger partial charge in [-0.1, -0.05) is 76.7 Å². The van der Waals surface area contributed by atoms with E-state index in [-0.39, 0.29) is 0 Å². The van der Waals surface area contributed by atoms with Gasteiger partial charge in [0.1, 0.15) is 0 Å². The number of unbranched alkanes of at least 4 members (excludes halogenated alkanes) is 13. The molecule has 0 N–H and O–H groups in total. The van der Waals surface area contributed by atoms with Gasteiger partial charge in [0.2, 0.25) is 0 Å². The minimum atomic E-state index is 0.862. The maximum Gasteiger partial charge on any atom is 0.0634 e. The highest BCUT2D eigenvalue weighted by atomic mass is 32.1. The van der Waals surface area contributed by atoms with Crippen LogP contribution in [0.15, 0.2) is 22.3 Å². The zero-order valence-electron chi connectivity index (χ0n) is 14.5. The Morgan fingerprint density at radius 3 is 1.57 bits per heavy atom. The fourth-order valence-corrected chi connectivity index (χ4v) is 2.75. The van der Waals surface area contributed by atoms with Crippen LogP contribution in [0.3, 0.4) is 0 Å². The molecule has 0 aromatic carbocycles. The lowest BCUT2D eigenvalue weighted by Crippen LogP contribution is -1.84. The quantitative estimate of drug-likeness (QED) is 0.157. The van der Waals surface area contributed by atoms with E-state index < -0.39 is 0 Å². The second kappa shape index (κ2) is 21.3. The van der Waals surface area contributed by atoms with Gasteiger partial charge in [0.15, 0.2) is 0 Å². The van der Waals surface area contributed by atoms with E-state index in [1.165, 1.54) is 83.5 Å².